The van der Waals surface area contributed by atoms with E-state index < -0.39 is 18.1 Å². The van der Waals surface area contributed by atoms with Gasteiger partial charge in [0.15, 0.2) is 5.78 Å². The van der Waals surface area contributed by atoms with E-state index in [0.717, 1.165) is 5.56 Å². The number of ketones is 1. The minimum atomic E-state index is -5.17. The molecule has 1 aliphatic heterocycles. The first-order valence-corrected chi connectivity index (χ1v) is 12.0. The zero-order valence-electron chi connectivity index (χ0n) is 19.7. The predicted octanol–water partition coefficient (Wildman–Crippen LogP) is 6.81. The topological polar surface area (TPSA) is 58.6 Å². The Balaban J connectivity index is 1.73. The van der Waals surface area contributed by atoms with Crippen molar-refractivity contribution in [2.24, 2.45) is 0 Å². The van der Waals surface area contributed by atoms with Crippen molar-refractivity contribution in [3.63, 3.8) is 0 Å². The number of nitrogens with zero attached hydrogens (tertiary/aromatic N) is 1. The molecule has 0 spiro atoms. The molecule has 3 aromatic carbocycles. The van der Waals surface area contributed by atoms with Gasteiger partial charge in [0.05, 0.1) is 24.5 Å². The Labute approximate surface area is 216 Å². The number of anilines is 2. The van der Waals surface area contributed by atoms with Gasteiger partial charge in [-0.15, -0.1) is 0 Å². The minimum absolute atomic E-state index is 0.0305. The van der Waals surface area contributed by atoms with E-state index in [1.807, 2.05) is 12.1 Å². The second-order valence-corrected chi connectivity index (χ2v) is 9.40. The van der Waals surface area contributed by atoms with Crippen molar-refractivity contribution in [1.29, 1.82) is 0 Å². The molecule has 1 amide bonds. The van der Waals surface area contributed by atoms with Crippen LogP contribution in [0.5, 0.6) is 5.75 Å². The van der Waals surface area contributed by atoms with Crippen LogP contribution in [0.4, 0.5) is 24.5 Å². The molecular formula is C28H22ClF3N2O3. The second-order valence-electron chi connectivity index (χ2n) is 8.97. The van der Waals surface area contributed by atoms with Gasteiger partial charge in [0.1, 0.15) is 5.75 Å². The number of methoxy groups -OCH3 is 1. The van der Waals surface area contributed by atoms with Gasteiger partial charge >= 0.3 is 12.1 Å². The molecule has 0 unspecified atom stereocenters. The normalized spacial score (nSPS) is 19.5. The highest BCUT2D eigenvalue weighted by molar-refractivity contribution is 6.30. The molecule has 0 saturated carbocycles. The van der Waals surface area contributed by atoms with Crippen molar-refractivity contribution in [2.45, 2.75) is 31.0 Å². The van der Waals surface area contributed by atoms with Crippen LogP contribution in [-0.2, 0) is 9.59 Å². The molecule has 1 N–H and O–H groups in total. The molecule has 5 nitrogen and oxygen atoms in total. The Hall–Kier alpha value is -3.78. The van der Waals surface area contributed by atoms with Crippen molar-refractivity contribution in [3.05, 3.63) is 100 Å². The van der Waals surface area contributed by atoms with E-state index in [0.29, 0.717) is 39.0 Å². The number of para-hydroxylation sites is 2. The van der Waals surface area contributed by atoms with Crippen molar-refractivity contribution in [2.75, 3.05) is 17.3 Å². The number of amides is 1. The Morgan fingerprint density at radius 3 is 2.43 bits per heavy atom. The molecule has 0 saturated heterocycles. The second kappa shape index (κ2) is 9.59. The lowest BCUT2D eigenvalue weighted by atomic mass is 9.78. The van der Waals surface area contributed by atoms with E-state index in [1.54, 1.807) is 54.6 Å². The van der Waals surface area contributed by atoms with Crippen LogP contribution in [0.25, 0.3) is 0 Å². The molecule has 2 aliphatic rings. The SMILES string of the molecule is COc1cccc([C@@H]2C3=C(C[C@H](c4ccc(Cl)cc4)CC3=O)Nc3ccccc3N2C(=O)C(F)(F)F)c1. The maximum absolute atomic E-state index is 14.0. The number of Topliss-reactive ketones (excluding diaryl/α,β-unsaturated/α-hetero) is 1. The van der Waals surface area contributed by atoms with Crippen LogP contribution in [-0.4, -0.2) is 25.0 Å². The van der Waals surface area contributed by atoms with Gasteiger partial charge in [-0.1, -0.05) is 48.0 Å². The first kappa shape index (κ1) is 24.9. The molecule has 0 radical (unpaired) electrons. The Bertz CT molecular complexity index is 1400. The van der Waals surface area contributed by atoms with Gasteiger partial charge in [-0.25, -0.2) is 0 Å². The maximum Gasteiger partial charge on any atom is 0.471 e. The van der Waals surface area contributed by atoms with Crippen LogP contribution in [0.2, 0.25) is 5.02 Å². The van der Waals surface area contributed by atoms with E-state index in [1.165, 1.54) is 13.2 Å². The summed E-state index contributed by atoms with van der Waals surface area (Å²) in [5, 5.41) is 3.77. The number of halogens is 4. The largest absolute Gasteiger partial charge is 0.497 e. The molecule has 37 heavy (non-hydrogen) atoms. The molecule has 1 heterocycles. The molecule has 1 aliphatic carbocycles. The number of rotatable bonds is 3. The number of carbonyl (C=O) groups is 2. The molecular weight excluding hydrogens is 505 g/mol. The molecule has 5 rings (SSSR count). The number of hydrogen-bond donors (Lipinski definition) is 1. The summed E-state index contributed by atoms with van der Waals surface area (Å²) < 4.78 is 47.3. The third-order valence-corrected chi connectivity index (χ3v) is 6.95. The van der Waals surface area contributed by atoms with Gasteiger partial charge < -0.3 is 10.1 Å². The van der Waals surface area contributed by atoms with Gasteiger partial charge in [-0.3, -0.25) is 14.5 Å². The number of hydrogen-bond acceptors (Lipinski definition) is 4. The molecule has 0 fully saturated rings. The summed E-state index contributed by atoms with van der Waals surface area (Å²) in [6.45, 7) is 0. The van der Waals surface area contributed by atoms with E-state index in [9.17, 15) is 22.8 Å². The van der Waals surface area contributed by atoms with E-state index in [4.69, 9.17) is 16.3 Å². The number of carbonyl (C=O) groups excluding carboxylic acids is 2. The van der Waals surface area contributed by atoms with E-state index in [2.05, 4.69) is 5.32 Å². The lowest BCUT2D eigenvalue weighted by Crippen LogP contribution is -2.45. The first-order chi connectivity index (χ1) is 17.7. The number of allylic oxidation sites excluding steroid dienone is 1. The fourth-order valence-electron chi connectivity index (χ4n) is 5.05. The quantitative estimate of drug-likeness (QED) is 0.407. The number of nitrogens with one attached hydrogen (secondary N) is 1. The van der Waals surface area contributed by atoms with Crippen molar-refractivity contribution < 1.29 is 27.5 Å². The Kier molecular flexibility index (Phi) is 6.45. The first-order valence-electron chi connectivity index (χ1n) is 11.6. The van der Waals surface area contributed by atoms with Crippen LogP contribution < -0.4 is 15.0 Å². The average Bonchev–Trinajstić information content (AvgIpc) is 3.02. The molecule has 0 bridgehead atoms. The highest BCUT2D eigenvalue weighted by atomic mass is 35.5. The lowest BCUT2D eigenvalue weighted by molar-refractivity contribution is -0.170. The molecule has 190 valence electrons. The summed E-state index contributed by atoms with van der Waals surface area (Å²) in [5.74, 6) is -2.21. The van der Waals surface area contributed by atoms with Crippen LogP contribution in [0.15, 0.2) is 84.1 Å². The summed E-state index contributed by atoms with van der Waals surface area (Å²) in [4.78, 5) is 27.4. The lowest BCUT2D eigenvalue weighted by Gasteiger charge is -2.35. The van der Waals surface area contributed by atoms with Crippen LogP contribution in [0.3, 0.4) is 0 Å². The smallest absolute Gasteiger partial charge is 0.471 e. The Morgan fingerprint density at radius 2 is 1.73 bits per heavy atom. The summed E-state index contributed by atoms with van der Waals surface area (Å²) in [6, 6.07) is 18.5. The zero-order chi connectivity index (χ0) is 26.3. The minimum Gasteiger partial charge on any atom is -0.497 e. The number of fused-ring (bicyclic) bond motifs is 1. The van der Waals surface area contributed by atoms with E-state index >= 15 is 0 Å². The van der Waals surface area contributed by atoms with Gasteiger partial charge in [-0.05, 0) is 59.9 Å². The highest BCUT2D eigenvalue weighted by Crippen LogP contribution is 2.48. The van der Waals surface area contributed by atoms with Gasteiger partial charge in [0.2, 0.25) is 0 Å². The molecule has 3 aromatic rings. The summed E-state index contributed by atoms with van der Waals surface area (Å²) in [5.41, 5.74) is 2.18. The average molecular weight is 527 g/mol. The monoisotopic (exact) mass is 526 g/mol. The number of ether oxygens (including phenoxy) is 1. The number of benzene rings is 3. The summed E-state index contributed by atoms with van der Waals surface area (Å²) >= 11 is 6.03. The standard InChI is InChI=1S/C28H22ClF3N2O3/c1-37-20-6-4-5-17(13-20)26-25-22(14-18(15-24(25)35)16-9-11-19(29)12-10-16)33-21-7-2-3-8-23(21)34(26)27(36)28(30,31)32/h2-13,18,26,33H,14-15H2,1H3/t18-,26+/m0/s1. The highest BCUT2D eigenvalue weighted by Gasteiger charge is 2.50. The fourth-order valence-corrected chi connectivity index (χ4v) is 5.17. The Morgan fingerprint density at radius 1 is 1.00 bits per heavy atom. The van der Waals surface area contributed by atoms with Gasteiger partial charge in [0.25, 0.3) is 0 Å². The van der Waals surface area contributed by atoms with Crippen LogP contribution >= 0.6 is 11.6 Å². The van der Waals surface area contributed by atoms with Crippen LogP contribution in [0.1, 0.15) is 35.9 Å². The van der Waals surface area contributed by atoms with Crippen molar-refractivity contribution in [1.82, 2.24) is 0 Å². The van der Waals surface area contributed by atoms with E-state index in [-0.39, 0.29) is 29.4 Å². The third kappa shape index (κ3) is 4.69. The summed E-state index contributed by atoms with van der Waals surface area (Å²) in [7, 11) is 1.44. The zero-order valence-corrected chi connectivity index (χ0v) is 20.4. The number of alkyl halides is 3. The molecule has 0 aromatic heterocycles. The predicted molar refractivity (Wildman–Crippen MR) is 135 cm³/mol. The summed E-state index contributed by atoms with van der Waals surface area (Å²) in [6.07, 6.45) is -4.72. The fraction of sp³-hybridized carbons (Fsp3) is 0.214. The van der Waals surface area contributed by atoms with Crippen molar-refractivity contribution in [3.8, 4) is 5.75 Å². The molecule has 9 heteroatoms. The van der Waals surface area contributed by atoms with Crippen LogP contribution in [0, 0.1) is 0 Å². The third-order valence-electron chi connectivity index (χ3n) is 6.70. The van der Waals surface area contributed by atoms with Crippen molar-refractivity contribution >= 4 is 34.7 Å². The van der Waals surface area contributed by atoms with Gasteiger partial charge in [0, 0.05) is 22.7 Å². The molecule has 2 atom stereocenters. The van der Waals surface area contributed by atoms with Gasteiger partial charge in [-0.2, -0.15) is 13.2 Å². The maximum atomic E-state index is 14.0.